The molecule has 24 heavy (non-hydrogen) atoms. The van der Waals surface area contributed by atoms with Crippen LogP contribution >= 0.6 is 11.8 Å². The first-order valence-electron chi connectivity index (χ1n) is 8.04. The smallest absolute Gasteiger partial charge is 0.221 e. The van der Waals surface area contributed by atoms with Gasteiger partial charge in [0.2, 0.25) is 5.88 Å². The van der Waals surface area contributed by atoms with E-state index in [1.54, 1.807) is 0 Å². The molecule has 3 aromatic rings. The van der Waals surface area contributed by atoms with E-state index in [1.165, 1.54) is 11.1 Å². The van der Waals surface area contributed by atoms with Crippen LogP contribution in [-0.2, 0) is 0 Å². The minimum Gasteiger partial charge on any atom is -0.493 e. The van der Waals surface area contributed by atoms with E-state index in [0.717, 1.165) is 28.1 Å². The molecule has 122 valence electrons. The van der Waals surface area contributed by atoms with Crippen LogP contribution < -0.4 is 0 Å². The zero-order valence-electron chi connectivity index (χ0n) is 13.7. The number of benzene rings is 2. The Morgan fingerprint density at radius 3 is 2.54 bits per heavy atom. The van der Waals surface area contributed by atoms with E-state index < -0.39 is 0 Å². The third kappa shape index (κ3) is 2.49. The number of aryl methyl sites for hydroxylation is 2. The standard InChI is InChI=1S/C19H19N3OS/c1-12-7-8-14(9-13(12)2)20-21-18-16-5-3-4-6-17(16)22(19(18)23)15-10-24-11-15/h3-9,15,23H,10-11H2,1-2H3. The molecule has 0 bridgehead atoms. The van der Waals surface area contributed by atoms with Gasteiger partial charge in [-0.1, -0.05) is 24.3 Å². The Kier molecular flexibility index (Phi) is 3.81. The average molecular weight is 337 g/mol. The highest BCUT2D eigenvalue weighted by Gasteiger charge is 2.27. The third-order valence-corrected chi connectivity index (χ3v) is 5.84. The summed E-state index contributed by atoms with van der Waals surface area (Å²) in [5.74, 6) is 2.27. The number of azo groups is 1. The monoisotopic (exact) mass is 337 g/mol. The molecule has 1 aromatic heterocycles. The molecule has 0 unspecified atom stereocenters. The van der Waals surface area contributed by atoms with Gasteiger partial charge in [0, 0.05) is 16.9 Å². The molecule has 0 radical (unpaired) electrons. The van der Waals surface area contributed by atoms with Gasteiger partial charge in [-0.3, -0.25) is 0 Å². The first kappa shape index (κ1) is 15.3. The van der Waals surface area contributed by atoms with Gasteiger partial charge in [-0.15, -0.1) is 5.11 Å². The molecule has 4 nitrogen and oxygen atoms in total. The van der Waals surface area contributed by atoms with E-state index in [9.17, 15) is 5.11 Å². The van der Waals surface area contributed by atoms with Gasteiger partial charge in [0.25, 0.3) is 0 Å². The van der Waals surface area contributed by atoms with Crippen molar-refractivity contribution in [2.75, 3.05) is 11.5 Å². The van der Waals surface area contributed by atoms with Crippen LogP contribution in [0.4, 0.5) is 11.4 Å². The van der Waals surface area contributed by atoms with Crippen molar-refractivity contribution in [3.63, 3.8) is 0 Å². The number of nitrogens with zero attached hydrogens (tertiary/aromatic N) is 3. The number of thioether (sulfide) groups is 1. The summed E-state index contributed by atoms with van der Waals surface area (Å²) < 4.78 is 2.00. The van der Waals surface area contributed by atoms with Gasteiger partial charge in [-0.2, -0.15) is 16.9 Å². The van der Waals surface area contributed by atoms with Crippen LogP contribution in [0, 0.1) is 13.8 Å². The number of aromatic nitrogens is 1. The number of hydrogen-bond donors (Lipinski definition) is 1. The number of aromatic hydroxyl groups is 1. The molecule has 5 heteroatoms. The van der Waals surface area contributed by atoms with Crippen molar-refractivity contribution in [1.29, 1.82) is 0 Å². The average Bonchev–Trinajstić information content (AvgIpc) is 2.80. The van der Waals surface area contributed by atoms with Gasteiger partial charge in [0.05, 0.1) is 17.2 Å². The van der Waals surface area contributed by atoms with Crippen molar-refractivity contribution in [3.8, 4) is 5.88 Å². The summed E-state index contributed by atoms with van der Waals surface area (Å²) in [6.07, 6.45) is 0. The first-order chi connectivity index (χ1) is 11.6. The van der Waals surface area contributed by atoms with E-state index in [2.05, 4.69) is 24.1 Å². The van der Waals surface area contributed by atoms with Crippen LogP contribution in [0.15, 0.2) is 52.7 Å². The van der Waals surface area contributed by atoms with Gasteiger partial charge >= 0.3 is 0 Å². The van der Waals surface area contributed by atoms with Crippen LogP contribution in [0.3, 0.4) is 0 Å². The van der Waals surface area contributed by atoms with E-state index in [1.807, 2.05) is 58.8 Å². The van der Waals surface area contributed by atoms with Crippen molar-refractivity contribution < 1.29 is 5.11 Å². The molecule has 1 N–H and O–H groups in total. The van der Waals surface area contributed by atoms with Crippen LogP contribution in [-0.4, -0.2) is 21.2 Å². The Balaban J connectivity index is 1.80. The zero-order valence-corrected chi connectivity index (χ0v) is 14.5. The highest BCUT2D eigenvalue weighted by atomic mass is 32.2. The Labute approximate surface area is 145 Å². The molecule has 0 spiro atoms. The fourth-order valence-corrected chi connectivity index (χ4v) is 3.71. The van der Waals surface area contributed by atoms with Crippen LogP contribution in [0.5, 0.6) is 5.88 Å². The van der Waals surface area contributed by atoms with Crippen LogP contribution in [0.2, 0.25) is 0 Å². The second-order valence-electron chi connectivity index (χ2n) is 6.22. The minimum atomic E-state index is 0.217. The van der Waals surface area contributed by atoms with Gasteiger partial charge in [-0.25, -0.2) is 0 Å². The lowest BCUT2D eigenvalue weighted by atomic mass is 10.1. The second kappa shape index (κ2) is 5.98. The first-order valence-corrected chi connectivity index (χ1v) is 9.19. The van der Waals surface area contributed by atoms with Gasteiger partial charge < -0.3 is 9.67 Å². The molecule has 1 fully saturated rings. The van der Waals surface area contributed by atoms with E-state index in [0.29, 0.717) is 11.7 Å². The maximum atomic E-state index is 10.7. The molecule has 0 aliphatic carbocycles. The van der Waals surface area contributed by atoms with E-state index >= 15 is 0 Å². The van der Waals surface area contributed by atoms with Gasteiger partial charge in [-0.05, 0) is 43.2 Å². The van der Waals surface area contributed by atoms with Crippen LogP contribution in [0.1, 0.15) is 17.2 Å². The summed E-state index contributed by atoms with van der Waals surface area (Å²) in [5.41, 5.74) is 4.80. The van der Waals surface area contributed by atoms with Crippen molar-refractivity contribution in [1.82, 2.24) is 4.57 Å². The molecule has 1 aliphatic rings. The van der Waals surface area contributed by atoms with E-state index in [4.69, 9.17) is 0 Å². The van der Waals surface area contributed by atoms with Gasteiger partial charge in [0.15, 0.2) is 5.69 Å². The lowest BCUT2D eigenvalue weighted by molar-refractivity contribution is 0.406. The summed E-state index contributed by atoms with van der Waals surface area (Å²) in [6, 6.07) is 14.3. The van der Waals surface area contributed by atoms with E-state index in [-0.39, 0.29) is 5.88 Å². The summed E-state index contributed by atoms with van der Waals surface area (Å²) in [6.45, 7) is 4.14. The molecule has 4 rings (SSSR count). The molecule has 1 aliphatic heterocycles. The Hall–Kier alpha value is -2.27. The molecule has 2 heterocycles. The topological polar surface area (TPSA) is 49.9 Å². The molecule has 1 saturated heterocycles. The highest BCUT2D eigenvalue weighted by molar-refractivity contribution is 8.00. The summed E-state index contributed by atoms with van der Waals surface area (Å²) in [5, 5.41) is 20.4. The van der Waals surface area contributed by atoms with Crippen molar-refractivity contribution >= 4 is 34.0 Å². The highest BCUT2D eigenvalue weighted by Crippen LogP contribution is 2.44. The third-order valence-electron chi connectivity index (χ3n) is 4.60. The van der Waals surface area contributed by atoms with Crippen molar-refractivity contribution in [2.24, 2.45) is 10.2 Å². The Morgan fingerprint density at radius 2 is 1.83 bits per heavy atom. The summed E-state index contributed by atoms with van der Waals surface area (Å²) >= 11 is 1.89. The maximum Gasteiger partial charge on any atom is 0.221 e. The Morgan fingerprint density at radius 1 is 1.04 bits per heavy atom. The molecular formula is C19H19N3OS. The summed E-state index contributed by atoms with van der Waals surface area (Å²) in [7, 11) is 0. The normalized spacial score (nSPS) is 15.2. The molecule has 0 amide bonds. The number of fused-ring (bicyclic) bond motifs is 1. The fourth-order valence-electron chi connectivity index (χ4n) is 2.97. The van der Waals surface area contributed by atoms with Crippen LogP contribution in [0.25, 0.3) is 10.9 Å². The zero-order chi connectivity index (χ0) is 16.7. The van der Waals surface area contributed by atoms with Crippen molar-refractivity contribution in [3.05, 3.63) is 53.6 Å². The quantitative estimate of drug-likeness (QED) is 0.626. The maximum absolute atomic E-state index is 10.7. The summed E-state index contributed by atoms with van der Waals surface area (Å²) in [4.78, 5) is 0. The predicted molar refractivity (Wildman–Crippen MR) is 100 cm³/mol. The fraction of sp³-hybridized carbons (Fsp3) is 0.263. The second-order valence-corrected chi connectivity index (χ2v) is 7.29. The Bertz CT molecular complexity index is 941. The molecule has 0 saturated carbocycles. The number of para-hydroxylation sites is 1. The number of hydrogen-bond acceptors (Lipinski definition) is 4. The molecular weight excluding hydrogens is 318 g/mol. The number of rotatable bonds is 3. The lowest BCUT2D eigenvalue weighted by Gasteiger charge is -2.27. The largest absolute Gasteiger partial charge is 0.493 e. The van der Waals surface area contributed by atoms with Gasteiger partial charge in [0.1, 0.15) is 0 Å². The lowest BCUT2D eigenvalue weighted by Crippen LogP contribution is -2.22. The molecule has 2 aromatic carbocycles. The minimum absolute atomic E-state index is 0.217. The SMILES string of the molecule is Cc1ccc(N=Nc2c(O)n(C3CSC3)c3ccccc23)cc1C. The predicted octanol–water partition coefficient (Wildman–Crippen LogP) is 5.67. The van der Waals surface area contributed by atoms with Crippen molar-refractivity contribution in [2.45, 2.75) is 19.9 Å². The molecule has 0 atom stereocenters.